The van der Waals surface area contributed by atoms with Gasteiger partial charge in [-0.1, -0.05) is 24.3 Å². The first-order chi connectivity index (χ1) is 9.58. The molecule has 0 radical (unpaired) electrons. The number of fused-ring (bicyclic) bond motifs is 3. The summed E-state index contributed by atoms with van der Waals surface area (Å²) in [5.41, 5.74) is 3.17. The molecule has 100 valence electrons. The number of benzene rings is 2. The van der Waals surface area contributed by atoms with Crippen LogP contribution in [0.3, 0.4) is 0 Å². The van der Waals surface area contributed by atoms with Gasteiger partial charge in [0.1, 0.15) is 0 Å². The van der Waals surface area contributed by atoms with Gasteiger partial charge in [0.25, 0.3) is 0 Å². The highest BCUT2D eigenvalue weighted by molar-refractivity contribution is 7.26. The zero-order chi connectivity index (χ0) is 14.3. The molecule has 0 bridgehead atoms. The summed E-state index contributed by atoms with van der Waals surface area (Å²) in [4.78, 5) is 10.1. The summed E-state index contributed by atoms with van der Waals surface area (Å²) in [6.45, 7) is 4.08. The highest BCUT2D eigenvalue weighted by Gasteiger charge is 2.12. The van der Waals surface area contributed by atoms with E-state index in [4.69, 9.17) is 0 Å². The fourth-order valence-electron chi connectivity index (χ4n) is 2.56. The number of nitro groups is 1. The minimum Gasteiger partial charge on any atom is -0.259 e. The SMILES string of the molecule is Cc1cc(/C=C/[N+](=O)[O-])c(C)c2c1sc1ccccc12. The minimum absolute atomic E-state index is 0.426. The Kier molecular flexibility index (Phi) is 3.03. The number of nitrogens with zero attached hydrogens (tertiary/aromatic N) is 1. The van der Waals surface area contributed by atoms with E-state index >= 15 is 0 Å². The minimum atomic E-state index is -0.426. The second-order valence-electron chi connectivity index (χ2n) is 4.81. The van der Waals surface area contributed by atoms with Crippen molar-refractivity contribution in [2.75, 3.05) is 0 Å². The summed E-state index contributed by atoms with van der Waals surface area (Å²) in [5.74, 6) is 0. The van der Waals surface area contributed by atoms with Crippen LogP contribution in [0.2, 0.25) is 0 Å². The van der Waals surface area contributed by atoms with Crippen molar-refractivity contribution in [3.63, 3.8) is 0 Å². The fraction of sp³-hybridized carbons (Fsp3) is 0.125. The Morgan fingerprint density at radius 2 is 2.00 bits per heavy atom. The summed E-state index contributed by atoms with van der Waals surface area (Å²) in [6, 6.07) is 10.3. The summed E-state index contributed by atoms with van der Waals surface area (Å²) in [5, 5.41) is 13.0. The molecule has 3 nitrogen and oxygen atoms in total. The van der Waals surface area contributed by atoms with Crippen LogP contribution in [0.5, 0.6) is 0 Å². The van der Waals surface area contributed by atoms with E-state index in [1.54, 1.807) is 17.4 Å². The summed E-state index contributed by atoms with van der Waals surface area (Å²) in [6.07, 6.45) is 2.58. The van der Waals surface area contributed by atoms with Gasteiger partial charge in [-0.3, -0.25) is 10.1 Å². The molecule has 0 aliphatic rings. The first kappa shape index (κ1) is 12.8. The van der Waals surface area contributed by atoms with Crippen LogP contribution < -0.4 is 0 Å². The number of aryl methyl sites for hydroxylation is 2. The van der Waals surface area contributed by atoms with Gasteiger partial charge < -0.3 is 0 Å². The van der Waals surface area contributed by atoms with Gasteiger partial charge in [-0.2, -0.15) is 0 Å². The monoisotopic (exact) mass is 283 g/mol. The lowest BCUT2D eigenvalue weighted by Gasteiger charge is -2.05. The topological polar surface area (TPSA) is 43.1 Å². The van der Waals surface area contributed by atoms with E-state index in [9.17, 15) is 10.1 Å². The van der Waals surface area contributed by atoms with E-state index in [-0.39, 0.29) is 0 Å². The Hall–Kier alpha value is -2.20. The van der Waals surface area contributed by atoms with Crippen LogP contribution in [0, 0.1) is 24.0 Å². The van der Waals surface area contributed by atoms with Gasteiger partial charge in [0.2, 0.25) is 6.20 Å². The van der Waals surface area contributed by atoms with Gasteiger partial charge in [-0.15, -0.1) is 11.3 Å². The van der Waals surface area contributed by atoms with Crippen LogP contribution in [0.1, 0.15) is 16.7 Å². The lowest BCUT2D eigenvalue weighted by molar-refractivity contribution is -0.400. The molecule has 0 fully saturated rings. The Balaban J connectivity index is 2.38. The van der Waals surface area contributed by atoms with E-state index in [0.717, 1.165) is 22.9 Å². The predicted molar refractivity (Wildman–Crippen MR) is 84.8 cm³/mol. The molecule has 0 atom stereocenters. The molecule has 0 N–H and O–H groups in total. The van der Waals surface area contributed by atoms with E-state index in [0.29, 0.717) is 0 Å². The molecule has 0 aliphatic heterocycles. The Morgan fingerprint density at radius 3 is 2.75 bits per heavy atom. The van der Waals surface area contributed by atoms with E-state index in [2.05, 4.69) is 19.1 Å². The molecule has 1 heterocycles. The van der Waals surface area contributed by atoms with E-state index in [1.807, 2.05) is 25.1 Å². The zero-order valence-electron chi connectivity index (χ0n) is 11.2. The molecule has 0 spiro atoms. The zero-order valence-corrected chi connectivity index (χ0v) is 12.0. The maximum atomic E-state index is 10.5. The maximum Gasteiger partial charge on any atom is 0.235 e. The molecule has 1 aromatic heterocycles. The molecule has 4 heteroatoms. The average Bonchev–Trinajstić information content (AvgIpc) is 2.81. The van der Waals surface area contributed by atoms with Crippen LogP contribution in [-0.2, 0) is 0 Å². The van der Waals surface area contributed by atoms with Gasteiger partial charge >= 0.3 is 0 Å². The highest BCUT2D eigenvalue weighted by Crippen LogP contribution is 2.39. The van der Waals surface area contributed by atoms with Crippen LogP contribution in [0.4, 0.5) is 0 Å². The Morgan fingerprint density at radius 1 is 1.25 bits per heavy atom. The molecular weight excluding hydrogens is 270 g/mol. The van der Waals surface area contributed by atoms with Crippen molar-refractivity contribution >= 4 is 37.6 Å². The van der Waals surface area contributed by atoms with Crippen molar-refractivity contribution in [1.29, 1.82) is 0 Å². The van der Waals surface area contributed by atoms with Crippen LogP contribution in [-0.4, -0.2) is 4.92 Å². The molecule has 0 aliphatic carbocycles. The van der Waals surface area contributed by atoms with Gasteiger partial charge in [-0.05, 0) is 36.6 Å². The molecule has 0 unspecified atom stereocenters. The molecule has 2 aromatic carbocycles. The van der Waals surface area contributed by atoms with Crippen LogP contribution >= 0.6 is 11.3 Å². The fourth-order valence-corrected chi connectivity index (χ4v) is 3.79. The van der Waals surface area contributed by atoms with Gasteiger partial charge in [0.15, 0.2) is 0 Å². The van der Waals surface area contributed by atoms with Crippen LogP contribution in [0.25, 0.3) is 26.2 Å². The Labute approximate surface area is 120 Å². The van der Waals surface area contributed by atoms with Crippen molar-refractivity contribution in [3.8, 4) is 0 Å². The second kappa shape index (κ2) is 4.72. The predicted octanol–water partition coefficient (Wildman–Crippen LogP) is 4.92. The third-order valence-electron chi connectivity index (χ3n) is 3.51. The maximum absolute atomic E-state index is 10.5. The first-order valence-corrected chi connectivity index (χ1v) is 7.12. The quantitative estimate of drug-likeness (QED) is 0.495. The van der Waals surface area contributed by atoms with Gasteiger partial charge in [0.05, 0.1) is 4.92 Å². The smallest absolute Gasteiger partial charge is 0.235 e. The molecule has 3 rings (SSSR count). The third-order valence-corrected chi connectivity index (χ3v) is 4.82. The van der Waals surface area contributed by atoms with Crippen molar-refractivity contribution in [2.45, 2.75) is 13.8 Å². The lowest BCUT2D eigenvalue weighted by atomic mass is 9.99. The summed E-state index contributed by atoms with van der Waals surface area (Å²) in [7, 11) is 0. The standard InChI is InChI=1S/C16H13NO2S/c1-10-9-12(7-8-17(18)19)11(2)15-13-5-3-4-6-14(13)20-16(10)15/h3-9H,1-2H3/b8-7+. The summed E-state index contributed by atoms with van der Waals surface area (Å²) >= 11 is 1.78. The van der Waals surface area contributed by atoms with Crippen LogP contribution in [0.15, 0.2) is 36.5 Å². The first-order valence-electron chi connectivity index (χ1n) is 6.31. The molecule has 0 saturated heterocycles. The largest absolute Gasteiger partial charge is 0.259 e. The molecule has 3 aromatic rings. The molecule has 0 amide bonds. The normalized spacial score (nSPS) is 11.7. The van der Waals surface area contributed by atoms with Crippen molar-refractivity contribution in [2.24, 2.45) is 0 Å². The van der Waals surface area contributed by atoms with Crippen molar-refractivity contribution in [3.05, 3.63) is 63.3 Å². The van der Waals surface area contributed by atoms with E-state index < -0.39 is 4.92 Å². The number of hydrogen-bond donors (Lipinski definition) is 0. The Bertz CT molecular complexity index is 862. The summed E-state index contributed by atoms with van der Waals surface area (Å²) < 4.78 is 2.52. The number of rotatable bonds is 2. The lowest BCUT2D eigenvalue weighted by Crippen LogP contribution is -1.88. The van der Waals surface area contributed by atoms with Crippen molar-refractivity contribution in [1.82, 2.24) is 0 Å². The van der Waals surface area contributed by atoms with Crippen molar-refractivity contribution < 1.29 is 4.92 Å². The van der Waals surface area contributed by atoms with E-state index in [1.165, 1.54) is 20.2 Å². The molecule has 20 heavy (non-hydrogen) atoms. The molecular formula is C16H13NO2S. The molecule has 0 saturated carbocycles. The van der Waals surface area contributed by atoms with Gasteiger partial charge in [-0.25, -0.2) is 0 Å². The highest BCUT2D eigenvalue weighted by atomic mass is 32.1. The van der Waals surface area contributed by atoms with Gasteiger partial charge in [0, 0.05) is 26.2 Å². The second-order valence-corrected chi connectivity index (χ2v) is 5.86. The number of thiophene rings is 1. The average molecular weight is 283 g/mol. The third kappa shape index (κ3) is 1.98. The number of hydrogen-bond acceptors (Lipinski definition) is 3.